The zero-order valence-electron chi connectivity index (χ0n) is 16.8. The molecule has 1 fully saturated rings. The molecule has 2 atom stereocenters. The van der Waals surface area contributed by atoms with E-state index in [2.05, 4.69) is 0 Å². The fraction of sp³-hybridized carbons (Fsp3) is 0.348. The van der Waals surface area contributed by atoms with Crippen molar-refractivity contribution < 1.29 is 19.1 Å². The molecule has 150 valence electrons. The molecule has 1 saturated heterocycles. The number of rotatable bonds is 3. The Labute approximate surface area is 170 Å². The molecular weight excluding hydrogens is 368 g/mol. The molecule has 0 unspecified atom stereocenters. The number of nitrogens with zero attached hydrogens (tertiary/aromatic N) is 2. The number of esters is 1. The number of benzene rings is 2. The van der Waals surface area contributed by atoms with Crippen LogP contribution in [0.4, 0.5) is 5.69 Å². The maximum absolute atomic E-state index is 13.4. The van der Waals surface area contributed by atoms with E-state index in [9.17, 15) is 14.4 Å². The van der Waals surface area contributed by atoms with Gasteiger partial charge in [0, 0.05) is 6.54 Å². The highest BCUT2D eigenvalue weighted by atomic mass is 16.5. The average molecular weight is 392 g/mol. The van der Waals surface area contributed by atoms with Crippen molar-refractivity contribution in [3.05, 3.63) is 64.7 Å². The summed E-state index contributed by atoms with van der Waals surface area (Å²) in [6.45, 7) is 4.25. The summed E-state index contributed by atoms with van der Waals surface area (Å²) >= 11 is 0. The van der Waals surface area contributed by atoms with Crippen LogP contribution in [-0.4, -0.2) is 41.9 Å². The standard InChI is InChI=1S/C23H24N2O4/c1-14-8-9-15(2)18(10-14)25-21(26)12-19(22(25)27)24-13-17-7-5-4-6-16(17)11-20(24)23(28)29-3/h4-10,19-20H,11-13H2,1-3H3/t19-,20-/m1/s1. The van der Waals surface area contributed by atoms with E-state index in [1.165, 1.54) is 12.0 Å². The lowest BCUT2D eigenvalue weighted by Gasteiger charge is -2.37. The number of carbonyl (C=O) groups excluding carboxylic acids is 3. The Morgan fingerprint density at radius 2 is 1.76 bits per heavy atom. The molecule has 2 amide bonds. The summed E-state index contributed by atoms with van der Waals surface area (Å²) in [5.74, 6) is -0.905. The van der Waals surface area contributed by atoms with Gasteiger partial charge in [-0.05, 0) is 48.6 Å². The van der Waals surface area contributed by atoms with E-state index < -0.39 is 12.1 Å². The van der Waals surface area contributed by atoms with E-state index in [0.29, 0.717) is 18.7 Å². The van der Waals surface area contributed by atoms with E-state index in [0.717, 1.165) is 22.3 Å². The summed E-state index contributed by atoms with van der Waals surface area (Å²) in [4.78, 5) is 41.8. The van der Waals surface area contributed by atoms with Crippen LogP contribution >= 0.6 is 0 Å². The van der Waals surface area contributed by atoms with Gasteiger partial charge in [-0.2, -0.15) is 0 Å². The normalized spacial score (nSPS) is 22.0. The molecule has 2 aromatic rings. The molecule has 0 bridgehead atoms. The van der Waals surface area contributed by atoms with Gasteiger partial charge in [0.2, 0.25) is 5.91 Å². The molecule has 2 aliphatic rings. The number of hydrogen-bond donors (Lipinski definition) is 0. The van der Waals surface area contributed by atoms with Gasteiger partial charge >= 0.3 is 5.97 Å². The molecule has 29 heavy (non-hydrogen) atoms. The molecule has 0 spiro atoms. The number of aryl methyl sites for hydroxylation is 2. The summed E-state index contributed by atoms with van der Waals surface area (Å²) in [6.07, 6.45) is 0.520. The van der Waals surface area contributed by atoms with Gasteiger partial charge in [-0.3, -0.25) is 19.3 Å². The fourth-order valence-electron chi connectivity index (χ4n) is 4.31. The van der Waals surface area contributed by atoms with Crippen molar-refractivity contribution in [2.24, 2.45) is 0 Å². The zero-order chi connectivity index (χ0) is 20.7. The first-order valence-electron chi connectivity index (χ1n) is 9.75. The molecule has 0 radical (unpaired) electrons. The van der Waals surface area contributed by atoms with Crippen LogP contribution in [0.15, 0.2) is 42.5 Å². The Bertz CT molecular complexity index is 1000. The van der Waals surface area contributed by atoms with Crippen molar-refractivity contribution in [2.75, 3.05) is 12.0 Å². The van der Waals surface area contributed by atoms with Crippen molar-refractivity contribution >= 4 is 23.5 Å². The van der Waals surface area contributed by atoms with Gasteiger partial charge in [0.05, 0.1) is 19.2 Å². The Balaban J connectivity index is 1.70. The number of imide groups is 1. The van der Waals surface area contributed by atoms with Gasteiger partial charge in [0.1, 0.15) is 12.1 Å². The van der Waals surface area contributed by atoms with Crippen LogP contribution in [0.2, 0.25) is 0 Å². The zero-order valence-corrected chi connectivity index (χ0v) is 16.8. The number of anilines is 1. The Morgan fingerprint density at radius 1 is 1.03 bits per heavy atom. The third kappa shape index (κ3) is 3.34. The minimum atomic E-state index is -0.681. The number of amides is 2. The number of carbonyl (C=O) groups is 3. The van der Waals surface area contributed by atoms with E-state index >= 15 is 0 Å². The van der Waals surface area contributed by atoms with Gasteiger partial charge in [0.25, 0.3) is 5.91 Å². The van der Waals surface area contributed by atoms with Crippen molar-refractivity contribution in [1.29, 1.82) is 0 Å². The third-order valence-corrected chi connectivity index (χ3v) is 5.89. The molecule has 0 aromatic heterocycles. The quantitative estimate of drug-likeness (QED) is 0.593. The molecule has 2 heterocycles. The smallest absolute Gasteiger partial charge is 0.323 e. The van der Waals surface area contributed by atoms with Crippen LogP contribution in [0.5, 0.6) is 0 Å². The molecule has 6 heteroatoms. The SMILES string of the molecule is COC(=O)[C@H]1Cc2ccccc2CN1[C@@H]1CC(=O)N(c2cc(C)ccc2C)C1=O. The van der Waals surface area contributed by atoms with Crippen LogP contribution in [0.1, 0.15) is 28.7 Å². The van der Waals surface area contributed by atoms with Gasteiger partial charge < -0.3 is 4.74 Å². The minimum absolute atomic E-state index is 0.0574. The second-order valence-corrected chi connectivity index (χ2v) is 7.76. The first-order valence-corrected chi connectivity index (χ1v) is 9.75. The van der Waals surface area contributed by atoms with E-state index in [-0.39, 0.29) is 24.2 Å². The fourth-order valence-corrected chi connectivity index (χ4v) is 4.31. The highest BCUT2D eigenvalue weighted by molar-refractivity contribution is 6.22. The average Bonchev–Trinajstić information content (AvgIpc) is 3.02. The molecule has 6 nitrogen and oxygen atoms in total. The Hall–Kier alpha value is -2.99. The lowest BCUT2D eigenvalue weighted by Crippen LogP contribution is -2.53. The molecule has 0 N–H and O–H groups in total. The van der Waals surface area contributed by atoms with Crippen molar-refractivity contribution in [2.45, 2.75) is 45.3 Å². The van der Waals surface area contributed by atoms with E-state index in [1.807, 2.05) is 61.2 Å². The molecule has 2 aromatic carbocycles. The largest absolute Gasteiger partial charge is 0.468 e. The minimum Gasteiger partial charge on any atom is -0.468 e. The summed E-state index contributed by atoms with van der Waals surface area (Å²) in [6, 6.07) is 12.3. The second-order valence-electron chi connectivity index (χ2n) is 7.76. The molecule has 2 aliphatic heterocycles. The molecular formula is C23H24N2O4. The molecule has 0 saturated carbocycles. The summed E-state index contributed by atoms with van der Waals surface area (Å²) in [7, 11) is 1.35. The van der Waals surface area contributed by atoms with E-state index in [4.69, 9.17) is 4.74 Å². The monoisotopic (exact) mass is 392 g/mol. The predicted molar refractivity (Wildman–Crippen MR) is 108 cm³/mol. The first kappa shape index (κ1) is 19.3. The summed E-state index contributed by atoms with van der Waals surface area (Å²) < 4.78 is 5.01. The van der Waals surface area contributed by atoms with Crippen molar-refractivity contribution in [3.8, 4) is 0 Å². The lowest BCUT2D eigenvalue weighted by atomic mass is 9.92. The van der Waals surface area contributed by atoms with Crippen LogP contribution in [-0.2, 0) is 32.1 Å². The number of hydrogen-bond acceptors (Lipinski definition) is 5. The molecule has 0 aliphatic carbocycles. The van der Waals surface area contributed by atoms with Crippen LogP contribution in [0.3, 0.4) is 0 Å². The number of ether oxygens (including phenoxy) is 1. The summed E-state index contributed by atoms with van der Waals surface area (Å²) in [5, 5.41) is 0. The third-order valence-electron chi connectivity index (χ3n) is 5.89. The first-order chi connectivity index (χ1) is 13.9. The van der Waals surface area contributed by atoms with Gasteiger partial charge in [-0.15, -0.1) is 0 Å². The summed E-state index contributed by atoms with van der Waals surface area (Å²) in [5.41, 5.74) is 4.61. The maximum atomic E-state index is 13.4. The second kappa shape index (κ2) is 7.44. The lowest BCUT2D eigenvalue weighted by molar-refractivity contribution is -0.149. The Morgan fingerprint density at radius 3 is 2.48 bits per heavy atom. The number of methoxy groups -OCH3 is 1. The van der Waals surface area contributed by atoms with Crippen LogP contribution in [0.25, 0.3) is 0 Å². The highest BCUT2D eigenvalue weighted by Crippen LogP contribution is 2.33. The highest BCUT2D eigenvalue weighted by Gasteiger charge is 2.47. The van der Waals surface area contributed by atoms with Crippen molar-refractivity contribution in [1.82, 2.24) is 4.90 Å². The topological polar surface area (TPSA) is 66.9 Å². The maximum Gasteiger partial charge on any atom is 0.323 e. The van der Waals surface area contributed by atoms with Crippen molar-refractivity contribution in [3.63, 3.8) is 0 Å². The van der Waals surface area contributed by atoms with Crippen LogP contribution < -0.4 is 4.90 Å². The Kier molecular flexibility index (Phi) is 4.96. The van der Waals surface area contributed by atoms with Crippen LogP contribution in [0, 0.1) is 13.8 Å². The number of fused-ring (bicyclic) bond motifs is 1. The van der Waals surface area contributed by atoms with E-state index in [1.54, 1.807) is 0 Å². The van der Waals surface area contributed by atoms with Gasteiger partial charge in [0.15, 0.2) is 0 Å². The predicted octanol–water partition coefficient (Wildman–Crippen LogP) is 2.54. The molecule has 4 rings (SSSR count). The van der Waals surface area contributed by atoms with Gasteiger partial charge in [-0.25, -0.2) is 4.90 Å². The van der Waals surface area contributed by atoms with Gasteiger partial charge in [-0.1, -0.05) is 36.4 Å².